The molecule has 0 radical (unpaired) electrons. The van der Waals surface area contributed by atoms with Crippen LogP contribution < -0.4 is 0 Å². The molecule has 5 rings (SSSR count). The maximum absolute atomic E-state index is 13.1. The van der Waals surface area contributed by atoms with Crippen LogP contribution in [0.4, 0.5) is 0 Å². The van der Waals surface area contributed by atoms with E-state index in [4.69, 9.17) is 4.74 Å². The molecule has 200 valence electrons. The predicted octanol–water partition coefficient (Wildman–Crippen LogP) is 6.37. The minimum absolute atomic E-state index is 0.0102. The van der Waals surface area contributed by atoms with E-state index in [1.54, 1.807) is 7.11 Å². The monoisotopic (exact) mass is 488 g/mol. The third-order valence-electron chi connectivity index (χ3n) is 13.9. The molecule has 0 spiro atoms. The van der Waals surface area contributed by atoms with Gasteiger partial charge in [-0.05, 0) is 130 Å². The lowest BCUT2D eigenvalue weighted by Gasteiger charge is -2.73. The number of carbonyl (C=O) groups excluding carboxylic acids is 1. The van der Waals surface area contributed by atoms with Crippen molar-refractivity contribution in [2.45, 2.75) is 124 Å². The first-order chi connectivity index (χ1) is 16.1. The number of carbonyl (C=O) groups is 1. The van der Waals surface area contributed by atoms with Crippen LogP contribution in [0.5, 0.6) is 0 Å². The largest absolute Gasteiger partial charge is 0.469 e. The second-order valence-electron chi connectivity index (χ2n) is 15.5. The SMILES string of the molecule is COC(=O)[C@]1(C)CCC[C@@]2(C)[C@H]1CC[C@]1(C)[C@@H]2CC[C@@H]2[C@@]3(C)CC[C@H](C(C)(C)O)[C@@H]3[C@@H](O)C[C@]21C. The summed E-state index contributed by atoms with van der Waals surface area (Å²) < 4.78 is 5.37. The number of ether oxygens (including phenoxy) is 1. The third-order valence-corrected chi connectivity index (χ3v) is 13.9. The summed E-state index contributed by atoms with van der Waals surface area (Å²) in [6.45, 7) is 16.1. The minimum atomic E-state index is -0.746. The molecule has 0 bridgehead atoms. The molecule has 0 heterocycles. The Morgan fingerprint density at radius 3 is 2.06 bits per heavy atom. The molecule has 4 nitrogen and oxygen atoms in total. The van der Waals surface area contributed by atoms with E-state index in [1.165, 1.54) is 19.3 Å². The van der Waals surface area contributed by atoms with E-state index in [2.05, 4.69) is 34.6 Å². The second-order valence-corrected chi connectivity index (χ2v) is 15.5. The first-order valence-electron chi connectivity index (χ1n) is 14.6. The highest BCUT2D eigenvalue weighted by Crippen LogP contribution is 2.78. The van der Waals surface area contributed by atoms with Gasteiger partial charge in [0.1, 0.15) is 0 Å². The Kier molecular flexibility index (Phi) is 5.73. The van der Waals surface area contributed by atoms with Gasteiger partial charge in [-0.3, -0.25) is 4.79 Å². The van der Waals surface area contributed by atoms with Crippen LogP contribution in [0.2, 0.25) is 0 Å². The van der Waals surface area contributed by atoms with Crippen LogP contribution in [0.15, 0.2) is 0 Å². The Morgan fingerprint density at radius 1 is 0.829 bits per heavy atom. The maximum Gasteiger partial charge on any atom is 0.311 e. The smallest absolute Gasteiger partial charge is 0.311 e. The first-order valence-corrected chi connectivity index (χ1v) is 14.6. The van der Waals surface area contributed by atoms with Crippen molar-refractivity contribution in [3.05, 3.63) is 0 Å². The molecule has 5 fully saturated rings. The number of aliphatic hydroxyl groups excluding tert-OH is 1. The molecule has 0 saturated heterocycles. The molecule has 11 atom stereocenters. The van der Waals surface area contributed by atoms with Gasteiger partial charge < -0.3 is 14.9 Å². The van der Waals surface area contributed by atoms with Gasteiger partial charge in [-0.25, -0.2) is 0 Å². The van der Waals surface area contributed by atoms with Crippen LogP contribution in [-0.4, -0.2) is 35.0 Å². The van der Waals surface area contributed by atoms with E-state index < -0.39 is 5.60 Å². The van der Waals surface area contributed by atoms with Crippen LogP contribution in [-0.2, 0) is 9.53 Å². The number of fused-ring (bicyclic) bond motifs is 7. The number of hydrogen-bond acceptors (Lipinski definition) is 4. The highest BCUT2D eigenvalue weighted by Gasteiger charge is 2.73. The normalized spacial score (nSPS) is 55.8. The van der Waals surface area contributed by atoms with Crippen molar-refractivity contribution in [1.82, 2.24) is 0 Å². The molecule has 2 N–H and O–H groups in total. The lowest BCUT2D eigenvalue weighted by Crippen LogP contribution is -2.68. The summed E-state index contributed by atoms with van der Waals surface area (Å²) >= 11 is 0. The molecule has 35 heavy (non-hydrogen) atoms. The van der Waals surface area contributed by atoms with E-state index >= 15 is 0 Å². The van der Waals surface area contributed by atoms with Crippen molar-refractivity contribution < 1.29 is 19.7 Å². The number of hydrogen-bond donors (Lipinski definition) is 2. The molecule has 0 aromatic heterocycles. The Labute approximate surface area is 214 Å². The van der Waals surface area contributed by atoms with Crippen LogP contribution in [0.3, 0.4) is 0 Å². The second kappa shape index (κ2) is 7.71. The van der Waals surface area contributed by atoms with Gasteiger partial charge in [-0.1, -0.05) is 34.1 Å². The highest BCUT2D eigenvalue weighted by atomic mass is 16.5. The molecule has 0 aromatic rings. The van der Waals surface area contributed by atoms with Gasteiger partial charge in [0.05, 0.1) is 24.2 Å². The fourth-order valence-corrected chi connectivity index (χ4v) is 12.4. The van der Waals surface area contributed by atoms with Crippen LogP contribution in [0, 0.1) is 56.7 Å². The zero-order chi connectivity index (χ0) is 25.8. The Morgan fingerprint density at radius 2 is 1.46 bits per heavy atom. The molecule has 0 amide bonds. The summed E-state index contributed by atoms with van der Waals surface area (Å²) in [4.78, 5) is 13.1. The average molecular weight is 489 g/mol. The molecule has 5 aliphatic carbocycles. The number of rotatable bonds is 2. The number of methoxy groups -OCH3 is 1. The lowest BCUT2D eigenvalue weighted by atomic mass is 9.31. The maximum atomic E-state index is 13.1. The molecule has 0 unspecified atom stereocenters. The summed E-state index contributed by atoms with van der Waals surface area (Å²) in [6, 6.07) is 0. The Hall–Kier alpha value is -0.610. The van der Waals surface area contributed by atoms with Gasteiger partial charge in [0, 0.05) is 0 Å². The summed E-state index contributed by atoms with van der Waals surface area (Å²) in [5.41, 5.74) is -0.689. The summed E-state index contributed by atoms with van der Waals surface area (Å²) in [5.74, 6) is 1.86. The zero-order valence-corrected chi connectivity index (χ0v) is 23.7. The van der Waals surface area contributed by atoms with Gasteiger partial charge >= 0.3 is 5.97 Å². The topological polar surface area (TPSA) is 66.8 Å². The predicted molar refractivity (Wildman–Crippen MR) is 138 cm³/mol. The van der Waals surface area contributed by atoms with Crippen molar-refractivity contribution in [2.75, 3.05) is 7.11 Å². The number of aliphatic hydroxyl groups is 2. The summed E-state index contributed by atoms with van der Waals surface area (Å²) in [5, 5.41) is 22.8. The summed E-state index contributed by atoms with van der Waals surface area (Å²) in [6.07, 6.45) is 10.5. The van der Waals surface area contributed by atoms with E-state index in [1.807, 2.05) is 13.8 Å². The van der Waals surface area contributed by atoms with Crippen LogP contribution in [0.25, 0.3) is 0 Å². The van der Waals surface area contributed by atoms with Gasteiger partial charge in [-0.2, -0.15) is 0 Å². The molecule has 0 aliphatic heterocycles. The van der Waals surface area contributed by atoms with E-state index in [-0.39, 0.29) is 51.0 Å². The van der Waals surface area contributed by atoms with Gasteiger partial charge in [0.25, 0.3) is 0 Å². The van der Waals surface area contributed by atoms with E-state index in [9.17, 15) is 15.0 Å². The molecular weight excluding hydrogens is 436 g/mol. The molecule has 5 saturated carbocycles. The van der Waals surface area contributed by atoms with Crippen molar-refractivity contribution in [1.29, 1.82) is 0 Å². The first kappa shape index (κ1) is 26.0. The quantitative estimate of drug-likeness (QED) is 0.443. The minimum Gasteiger partial charge on any atom is -0.469 e. The molecule has 5 aliphatic rings. The summed E-state index contributed by atoms with van der Waals surface area (Å²) in [7, 11) is 1.56. The van der Waals surface area contributed by atoms with Crippen molar-refractivity contribution in [3.8, 4) is 0 Å². The molecular formula is C31H52O4. The van der Waals surface area contributed by atoms with Crippen molar-refractivity contribution >= 4 is 5.97 Å². The van der Waals surface area contributed by atoms with Crippen LogP contribution in [0.1, 0.15) is 113 Å². The van der Waals surface area contributed by atoms with Gasteiger partial charge in [0.15, 0.2) is 0 Å². The van der Waals surface area contributed by atoms with Gasteiger partial charge in [0.2, 0.25) is 0 Å². The van der Waals surface area contributed by atoms with E-state index in [0.717, 1.165) is 44.9 Å². The zero-order valence-electron chi connectivity index (χ0n) is 23.7. The molecule has 0 aromatic carbocycles. The lowest BCUT2D eigenvalue weighted by molar-refractivity contribution is -0.262. The fourth-order valence-electron chi connectivity index (χ4n) is 12.4. The van der Waals surface area contributed by atoms with Crippen molar-refractivity contribution in [2.24, 2.45) is 56.7 Å². The number of esters is 1. The van der Waals surface area contributed by atoms with Gasteiger partial charge in [-0.15, -0.1) is 0 Å². The molecule has 4 heteroatoms. The van der Waals surface area contributed by atoms with Crippen molar-refractivity contribution in [3.63, 3.8) is 0 Å². The Balaban J connectivity index is 1.54. The highest BCUT2D eigenvalue weighted by molar-refractivity contribution is 5.77. The third kappa shape index (κ3) is 3.14. The standard InChI is InChI=1S/C31H52O4/c1-26(2,34)19-12-16-28(4)23-11-10-22-27(3)14-9-15-29(5,25(33)35-8)21(27)13-17-30(22,6)31(23,7)18-20(32)24(19)28/h19-24,32,34H,9-18H2,1-8H3/t19-,20-,21+,22+,23+,24+,27-,28+,29+,30+,31+/m0/s1. The van der Waals surface area contributed by atoms with Crippen LogP contribution >= 0.6 is 0 Å². The fraction of sp³-hybridized carbons (Fsp3) is 0.968. The van der Waals surface area contributed by atoms with E-state index in [0.29, 0.717) is 17.8 Å². The Bertz CT molecular complexity index is 878. The average Bonchev–Trinajstić information content (AvgIpc) is 3.13.